The van der Waals surface area contributed by atoms with Crippen molar-refractivity contribution in [3.63, 3.8) is 0 Å². The summed E-state index contributed by atoms with van der Waals surface area (Å²) in [5, 5.41) is 12.2. The summed E-state index contributed by atoms with van der Waals surface area (Å²) in [6.07, 6.45) is 5.24. The van der Waals surface area contributed by atoms with Crippen LogP contribution in [-0.2, 0) is 19.3 Å². The molecule has 0 radical (unpaired) electrons. The predicted octanol–water partition coefficient (Wildman–Crippen LogP) is 4.43. The van der Waals surface area contributed by atoms with Crippen molar-refractivity contribution in [3.8, 4) is 0 Å². The fourth-order valence-electron chi connectivity index (χ4n) is 4.65. The maximum atomic E-state index is 12.8. The van der Waals surface area contributed by atoms with Gasteiger partial charge in [0.05, 0.1) is 0 Å². The van der Waals surface area contributed by atoms with Crippen LogP contribution in [0.4, 0.5) is 11.4 Å². The molecule has 0 aliphatic carbocycles. The molecule has 2 aliphatic rings. The highest BCUT2D eigenvalue weighted by Crippen LogP contribution is 2.39. The Hall–Kier alpha value is -3.08. The van der Waals surface area contributed by atoms with Crippen molar-refractivity contribution in [1.29, 1.82) is 5.41 Å². The summed E-state index contributed by atoms with van der Waals surface area (Å²) in [5.74, 6) is -0.308. The number of rotatable bonds is 3. The first kappa shape index (κ1) is 18.0. The number of aryl methyl sites for hydroxylation is 3. The normalized spacial score (nSPS) is 15.3. The molecule has 5 heteroatoms. The average molecular weight is 387 g/mol. The summed E-state index contributed by atoms with van der Waals surface area (Å²) in [4.78, 5) is 15.3. The molecular weight excluding hydrogens is 362 g/mol. The van der Waals surface area contributed by atoms with Crippen LogP contribution < -0.4 is 15.8 Å². The van der Waals surface area contributed by atoms with Gasteiger partial charge in [0.25, 0.3) is 5.91 Å². The smallest absolute Gasteiger partial charge is 0.261 e. The number of anilines is 2. The summed E-state index contributed by atoms with van der Waals surface area (Å²) in [5.41, 5.74) is 6.76. The Morgan fingerprint density at radius 2 is 1.90 bits per heavy atom. The molecule has 1 amide bonds. The second kappa shape index (κ2) is 7.07. The van der Waals surface area contributed by atoms with Crippen molar-refractivity contribution in [2.45, 2.75) is 39.0 Å². The standard InChI is InChI=1S/C24H25N3O2/c1-2-15-7-9-18(10-8-15)26-24(28)20-14-17-13-16-5-3-11-27-12-4-6-19(21(16)27)22(17)29-23(20)25/h7-10,13-14,25H,2-6,11-12H2,1H3,(H,26,28). The Balaban J connectivity index is 1.55. The molecule has 2 aliphatic heterocycles. The summed E-state index contributed by atoms with van der Waals surface area (Å²) in [6.45, 7) is 4.29. The van der Waals surface area contributed by atoms with Gasteiger partial charge in [-0.2, -0.15) is 0 Å². The third kappa shape index (κ3) is 3.11. The zero-order chi connectivity index (χ0) is 20.0. The first-order valence-corrected chi connectivity index (χ1v) is 10.5. The van der Waals surface area contributed by atoms with Crippen LogP contribution in [0.5, 0.6) is 0 Å². The third-order valence-electron chi connectivity index (χ3n) is 6.11. The third-order valence-corrected chi connectivity index (χ3v) is 6.11. The van der Waals surface area contributed by atoms with Gasteiger partial charge >= 0.3 is 0 Å². The van der Waals surface area contributed by atoms with E-state index in [9.17, 15) is 4.79 Å². The zero-order valence-electron chi connectivity index (χ0n) is 16.7. The molecule has 0 unspecified atom stereocenters. The molecular formula is C24H25N3O2. The predicted molar refractivity (Wildman–Crippen MR) is 115 cm³/mol. The highest BCUT2D eigenvalue weighted by Gasteiger charge is 2.27. The lowest BCUT2D eigenvalue weighted by Gasteiger charge is -2.37. The van der Waals surface area contributed by atoms with E-state index in [2.05, 4.69) is 23.2 Å². The van der Waals surface area contributed by atoms with E-state index < -0.39 is 0 Å². The van der Waals surface area contributed by atoms with Crippen molar-refractivity contribution in [3.05, 3.63) is 64.2 Å². The van der Waals surface area contributed by atoms with Gasteiger partial charge in [-0.3, -0.25) is 10.2 Å². The minimum atomic E-state index is -0.308. The SMILES string of the molecule is CCc1ccc(NC(=O)c2cc3cc4c5c(c3oc2=N)CCCN5CCC4)cc1. The monoisotopic (exact) mass is 387 g/mol. The fraction of sp³-hybridized carbons (Fsp3) is 0.333. The average Bonchev–Trinajstić information content (AvgIpc) is 2.75. The first-order valence-electron chi connectivity index (χ1n) is 10.5. The maximum Gasteiger partial charge on any atom is 0.261 e. The Morgan fingerprint density at radius 1 is 1.14 bits per heavy atom. The summed E-state index contributed by atoms with van der Waals surface area (Å²) < 4.78 is 5.94. The Bertz CT molecular complexity index is 1160. The van der Waals surface area contributed by atoms with Gasteiger partial charge in [0.2, 0.25) is 5.55 Å². The van der Waals surface area contributed by atoms with Crippen LogP contribution >= 0.6 is 0 Å². The maximum absolute atomic E-state index is 12.8. The van der Waals surface area contributed by atoms with E-state index in [1.54, 1.807) is 0 Å². The first-order chi connectivity index (χ1) is 14.1. The second-order valence-electron chi connectivity index (χ2n) is 7.97. The van der Waals surface area contributed by atoms with E-state index in [4.69, 9.17) is 9.83 Å². The molecule has 0 spiro atoms. The van der Waals surface area contributed by atoms with Crippen LogP contribution in [0.3, 0.4) is 0 Å². The largest absolute Gasteiger partial charge is 0.438 e. The van der Waals surface area contributed by atoms with Crippen LogP contribution in [0.1, 0.15) is 46.8 Å². The zero-order valence-corrected chi connectivity index (χ0v) is 16.7. The summed E-state index contributed by atoms with van der Waals surface area (Å²) >= 11 is 0. The van der Waals surface area contributed by atoms with Crippen LogP contribution in [0, 0.1) is 5.41 Å². The minimum Gasteiger partial charge on any atom is -0.438 e. The molecule has 148 valence electrons. The van der Waals surface area contributed by atoms with Crippen LogP contribution in [0.25, 0.3) is 11.0 Å². The quantitative estimate of drug-likeness (QED) is 0.699. The van der Waals surface area contributed by atoms with E-state index in [1.165, 1.54) is 22.4 Å². The number of benzene rings is 2. The molecule has 0 fully saturated rings. The van der Waals surface area contributed by atoms with Crippen molar-refractivity contribution in [2.75, 3.05) is 23.3 Å². The number of hydrogen-bond acceptors (Lipinski definition) is 4. The van der Waals surface area contributed by atoms with E-state index in [0.717, 1.165) is 61.9 Å². The Morgan fingerprint density at radius 3 is 2.66 bits per heavy atom. The number of amides is 1. The van der Waals surface area contributed by atoms with E-state index >= 15 is 0 Å². The molecule has 3 aromatic rings. The molecule has 3 heterocycles. The summed E-state index contributed by atoms with van der Waals surface area (Å²) in [7, 11) is 0. The van der Waals surface area contributed by atoms with Gasteiger partial charge in [-0.05, 0) is 67.5 Å². The topological polar surface area (TPSA) is 69.3 Å². The van der Waals surface area contributed by atoms with Gasteiger partial charge in [0, 0.05) is 35.4 Å². The van der Waals surface area contributed by atoms with Crippen molar-refractivity contribution < 1.29 is 9.21 Å². The number of hydrogen-bond donors (Lipinski definition) is 2. The molecule has 2 aromatic carbocycles. The molecule has 0 saturated carbocycles. The molecule has 0 bridgehead atoms. The molecule has 0 atom stereocenters. The molecule has 1 aromatic heterocycles. The van der Waals surface area contributed by atoms with Crippen molar-refractivity contribution >= 4 is 28.3 Å². The molecule has 29 heavy (non-hydrogen) atoms. The van der Waals surface area contributed by atoms with Crippen LogP contribution in [0.15, 0.2) is 40.8 Å². The van der Waals surface area contributed by atoms with Gasteiger partial charge in [0.15, 0.2) is 0 Å². The summed E-state index contributed by atoms with van der Waals surface area (Å²) in [6, 6.07) is 11.8. The highest BCUT2D eigenvalue weighted by atomic mass is 16.3. The van der Waals surface area contributed by atoms with Gasteiger partial charge in [-0.25, -0.2) is 0 Å². The Kier molecular flexibility index (Phi) is 4.38. The lowest BCUT2D eigenvalue weighted by atomic mass is 9.90. The van der Waals surface area contributed by atoms with E-state index in [0.29, 0.717) is 0 Å². The number of nitrogens with one attached hydrogen (secondary N) is 2. The number of nitrogens with zero attached hydrogens (tertiary/aromatic N) is 1. The lowest BCUT2D eigenvalue weighted by Crippen LogP contribution is -2.34. The Labute approximate surface area is 169 Å². The number of fused-ring (bicyclic) bond motifs is 2. The van der Waals surface area contributed by atoms with Crippen molar-refractivity contribution in [2.24, 2.45) is 0 Å². The second-order valence-corrected chi connectivity index (χ2v) is 7.97. The van der Waals surface area contributed by atoms with E-state index in [1.807, 2.05) is 30.3 Å². The van der Waals surface area contributed by atoms with Crippen LogP contribution in [0.2, 0.25) is 0 Å². The van der Waals surface area contributed by atoms with Gasteiger partial charge in [-0.1, -0.05) is 19.1 Å². The lowest BCUT2D eigenvalue weighted by molar-refractivity contribution is 0.102. The fourth-order valence-corrected chi connectivity index (χ4v) is 4.65. The van der Waals surface area contributed by atoms with Gasteiger partial charge < -0.3 is 14.6 Å². The number of carbonyl (C=O) groups is 1. The molecule has 5 rings (SSSR count). The highest BCUT2D eigenvalue weighted by molar-refractivity contribution is 6.05. The van der Waals surface area contributed by atoms with E-state index in [-0.39, 0.29) is 17.0 Å². The molecule has 5 nitrogen and oxygen atoms in total. The molecule has 2 N–H and O–H groups in total. The minimum absolute atomic E-state index is 0.0793. The van der Waals surface area contributed by atoms with Gasteiger partial charge in [0.1, 0.15) is 11.1 Å². The van der Waals surface area contributed by atoms with Gasteiger partial charge in [-0.15, -0.1) is 0 Å². The number of carbonyl (C=O) groups excluding carboxylic acids is 1. The van der Waals surface area contributed by atoms with Crippen LogP contribution in [-0.4, -0.2) is 19.0 Å². The van der Waals surface area contributed by atoms with Crippen molar-refractivity contribution in [1.82, 2.24) is 0 Å². The molecule has 0 saturated heterocycles.